The Labute approximate surface area is 98.1 Å². The molecule has 0 saturated carbocycles. The van der Waals surface area contributed by atoms with Crippen LogP contribution in [0, 0.1) is 0 Å². The topological polar surface area (TPSA) is 45.8 Å². The lowest BCUT2D eigenvalue weighted by Gasteiger charge is -2.03. The molecule has 0 aliphatic carbocycles. The van der Waals surface area contributed by atoms with Crippen molar-refractivity contribution in [3.63, 3.8) is 0 Å². The number of nitrogens with zero attached hydrogens (tertiary/aromatic N) is 1. The van der Waals surface area contributed by atoms with Crippen LogP contribution in [-0.2, 0) is 0 Å². The third-order valence-corrected chi connectivity index (χ3v) is 2.75. The van der Waals surface area contributed by atoms with E-state index in [1.54, 1.807) is 12.4 Å². The smallest absolute Gasteiger partial charge is 0.228 e. The molecule has 0 radical (unpaired) electrons. The van der Waals surface area contributed by atoms with Crippen LogP contribution in [0.4, 0.5) is 0 Å². The highest BCUT2D eigenvalue weighted by Gasteiger charge is 2.13. The molecule has 0 unspecified atom stereocenters. The molecule has 0 amide bonds. The molecule has 3 rings (SSSR count). The van der Waals surface area contributed by atoms with Crippen molar-refractivity contribution in [2.45, 2.75) is 0 Å². The van der Waals surface area contributed by atoms with Gasteiger partial charge in [0.25, 0.3) is 0 Å². The molecule has 1 heterocycles. The van der Waals surface area contributed by atoms with E-state index in [2.05, 4.69) is 9.97 Å². The zero-order chi connectivity index (χ0) is 11.7. The van der Waals surface area contributed by atoms with E-state index in [9.17, 15) is 4.79 Å². The maximum Gasteiger partial charge on any atom is 0.228 e. The van der Waals surface area contributed by atoms with Crippen LogP contribution in [0.2, 0.25) is 0 Å². The van der Waals surface area contributed by atoms with E-state index in [-0.39, 0.29) is 5.78 Å². The van der Waals surface area contributed by atoms with Crippen LogP contribution in [0.3, 0.4) is 0 Å². The van der Waals surface area contributed by atoms with Gasteiger partial charge in [0.2, 0.25) is 5.78 Å². The first-order valence-electron chi connectivity index (χ1n) is 5.38. The summed E-state index contributed by atoms with van der Waals surface area (Å²) in [5.41, 5.74) is 0.679. The number of hydrogen-bond donors (Lipinski definition) is 1. The molecule has 82 valence electrons. The van der Waals surface area contributed by atoms with Crippen molar-refractivity contribution in [1.82, 2.24) is 9.97 Å². The van der Waals surface area contributed by atoms with E-state index in [1.165, 1.54) is 0 Å². The van der Waals surface area contributed by atoms with Gasteiger partial charge >= 0.3 is 0 Å². The van der Waals surface area contributed by atoms with Gasteiger partial charge in [-0.1, -0.05) is 42.5 Å². The lowest BCUT2D eigenvalue weighted by atomic mass is 10.0. The number of benzene rings is 2. The number of aromatic nitrogens is 2. The standard InChI is InChI=1S/C14H10N2O/c17-13(14-15-8-9-16-14)12-7-3-5-10-4-1-2-6-11(10)12/h1-9H,(H,15,16). The first-order chi connectivity index (χ1) is 8.36. The molecule has 0 fully saturated rings. The summed E-state index contributed by atoms with van der Waals surface area (Å²) in [6.07, 6.45) is 3.23. The minimum Gasteiger partial charge on any atom is -0.342 e. The largest absolute Gasteiger partial charge is 0.342 e. The van der Waals surface area contributed by atoms with Gasteiger partial charge in [-0.25, -0.2) is 4.98 Å². The molecular formula is C14H10N2O. The number of carbonyl (C=O) groups is 1. The highest BCUT2D eigenvalue weighted by atomic mass is 16.1. The number of carbonyl (C=O) groups excluding carboxylic acids is 1. The Hall–Kier alpha value is -2.42. The minimum atomic E-state index is -0.0770. The molecule has 0 aliphatic rings. The van der Waals surface area contributed by atoms with Crippen LogP contribution in [0.5, 0.6) is 0 Å². The Morgan fingerprint density at radius 2 is 1.88 bits per heavy atom. The fourth-order valence-corrected chi connectivity index (χ4v) is 1.94. The Kier molecular flexibility index (Phi) is 2.22. The second kappa shape index (κ2) is 3.87. The average Bonchev–Trinajstić information content (AvgIpc) is 2.91. The van der Waals surface area contributed by atoms with Crippen molar-refractivity contribution in [2.24, 2.45) is 0 Å². The number of nitrogens with one attached hydrogen (secondary N) is 1. The van der Waals surface area contributed by atoms with Gasteiger partial charge in [0.15, 0.2) is 5.82 Å². The first-order valence-corrected chi connectivity index (χ1v) is 5.38. The lowest BCUT2D eigenvalue weighted by molar-refractivity contribution is 0.103. The summed E-state index contributed by atoms with van der Waals surface area (Å²) in [5, 5.41) is 2.02. The van der Waals surface area contributed by atoms with Gasteiger partial charge in [-0.15, -0.1) is 0 Å². The van der Waals surface area contributed by atoms with Gasteiger partial charge in [0.05, 0.1) is 0 Å². The zero-order valence-corrected chi connectivity index (χ0v) is 9.05. The Balaban J connectivity index is 2.21. The summed E-state index contributed by atoms with van der Waals surface area (Å²) in [6, 6.07) is 13.5. The van der Waals surface area contributed by atoms with E-state index < -0.39 is 0 Å². The molecule has 0 atom stereocenters. The number of ketones is 1. The molecule has 1 N–H and O–H groups in total. The second-order valence-corrected chi connectivity index (χ2v) is 3.79. The van der Waals surface area contributed by atoms with Crippen molar-refractivity contribution >= 4 is 16.6 Å². The number of fused-ring (bicyclic) bond motifs is 1. The maximum atomic E-state index is 12.2. The third kappa shape index (κ3) is 1.61. The summed E-state index contributed by atoms with van der Waals surface area (Å²) in [5.74, 6) is 0.299. The summed E-state index contributed by atoms with van der Waals surface area (Å²) in [4.78, 5) is 19.1. The molecule has 0 aliphatic heterocycles. The number of aromatic amines is 1. The Bertz CT molecular complexity index is 666. The van der Waals surface area contributed by atoms with Crippen molar-refractivity contribution in [2.75, 3.05) is 0 Å². The van der Waals surface area contributed by atoms with E-state index in [0.29, 0.717) is 11.4 Å². The van der Waals surface area contributed by atoms with Crippen LogP contribution in [0.15, 0.2) is 54.9 Å². The molecule has 3 nitrogen and oxygen atoms in total. The van der Waals surface area contributed by atoms with E-state index >= 15 is 0 Å². The van der Waals surface area contributed by atoms with Crippen molar-refractivity contribution < 1.29 is 4.79 Å². The quantitative estimate of drug-likeness (QED) is 0.677. The Morgan fingerprint density at radius 1 is 1.06 bits per heavy atom. The minimum absolute atomic E-state index is 0.0770. The number of hydrogen-bond acceptors (Lipinski definition) is 2. The molecule has 0 saturated heterocycles. The molecule has 1 aromatic heterocycles. The molecule has 3 aromatic rings. The predicted octanol–water partition coefficient (Wildman–Crippen LogP) is 2.79. The van der Waals surface area contributed by atoms with Gasteiger partial charge in [-0.05, 0) is 10.8 Å². The van der Waals surface area contributed by atoms with Crippen molar-refractivity contribution in [1.29, 1.82) is 0 Å². The van der Waals surface area contributed by atoms with E-state index in [1.807, 2.05) is 42.5 Å². The average molecular weight is 222 g/mol. The van der Waals surface area contributed by atoms with Crippen LogP contribution in [-0.4, -0.2) is 15.8 Å². The third-order valence-electron chi connectivity index (χ3n) is 2.75. The summed E-state index contributed by atoms with van der Waals surface area (Å²) >= 11 is 0. The van der Waals surface area contributed by atoms with Crippen LogP contribution >= 0.6 is 0 Å². The molecule has 17 heavy (non-hydrogen) atoms. The molecular weight excluding hydrogens is 212 g/mol. The highest BCUT2D eigenvalue weighted by Crippen LogP contribution is 2.20. The van der Waals surface area contributed by atoms with Gasteiger partial charge in [0.1, 0.15) is 0 Å². The summed E-state index contributed by atoms with van der Waals surface area (Å²) in [7, 11) is 0. The van der Waals surface area contributed by atoms with E-state index in [4.69, 9.17) is 0 Å². The highest BCUT2D eigenvalue weighted by molar-refractivity contribution is 6.14. The van der Waals surface area contributed by atoms with Gasteiger partial charge in [-0.2, -0.15) is 0 Å². The first kappa shape index (κ1) is 9.78. The number of rotatable bonds is 2. The van der Waals surface area contributed by atoms with Crippen LogP contribution in [0.1, 0.15) is 16.2 Å². The SMILES string of the molecule is O=C(c1ncc[nH]1)c1cccc2ccccc12. The molecule has 2 aromatic carbocycles. The van der Waals surface area contributed by atoms with Gasteiger partial charge < -0.3 is 4.98 Å². The Morgan fingerprint density at radius 3 is 2.71 bits per heavy atom. The van der Waals surface area contributed by atoms with Crippen LogP contribution < -0.4 is 0 Å². The fourth-order valence-electron chi connectivity index (χ4n) is 1.94. The van der Waals surface area contributed by atoms with Crippen molar-refractivity contribution in [3.8, 4) is 0 Å². The number of imidazole rings is 1. The van der Waals surface area contributed by atoms with Gasteiger partial charge in [0, 0.05) is 18.0 Å². The molecule has 0 spiro atoms. The fraction of sp³-hybridized carbons (Fsp3) is 0. The van der Waals surface area contributed by atoms with Crippen molar-refractivity contribution in [3.05, 3.63) is 66.2 Å². The van der Waals surface area contributed by atoms with E-state index in [0.717, 1.165) is 10.8 Å². The zero-order valence-electron chi connectivity index (χ0n) is 9.05. The summed E-state index contributed by atoms with van der Waals surface area (Å²) < 4.78 is 0. The molecule has 3 heteroatoms. The second-order valence-electron chi connectivity index (χ2n) is 3.79. The maximum absolute atomic E-state index is 12.2. The monoisotopic (exact) mass is 222 g/mol. The predicted molar refractivity (Wildman–Crippen MR) is 66.0 cm³/mol. The number of H-pyrrole nitrogens is 1. The summed E-state index contributed by atoms with van der Waals surface area (Å²) in [6.45, 7) is 0. The normalized spacial score (nSPS) is 10.6. The lowest BCUT2D eigenvalue weighted by Crippen LogP contribution is -2.04. The van der Waals surface area contributed by atoms with Gasteiger partial charge in [-0.3, -0.25) is 4.79 Å². The van der Waals surface area contributed by atoms with Crippen LogP contribution in [0.25, 0.3) is 10.8 Å². The molecule has 0 bridgehead atoms.